The average molecular weight is 313 g/mol. The number of anilines is 1. The topological polar surface area (TPSA) is 125 Å². The first-order valence-corrected chi connectivity index (χ1v) is 7.82. The van der Waals surface area contributed by atoms with Crippen molar-refractivity contribution in [1.29, 1.82) is 0 Å². The van der Waals surface area contributed by atoms with E-state index in [0.717, 1.165) is 12.8 Å². The van der Waals surface area contributed by atoms with Crippen molar-refractivity contribution in [3.8, 4) is 0 Å². The van der Waals surface area contributed by atoms with E-state index in [1.807, 2.05) is 4.57 Å². The largest absolute Gasteiger partial charge is 0.382 e. The van der Waals surface area contributed by atoms with Gasteiger partial charge in [0.2, 0.25) is 0 Å². The van der Waals surface area contributed by atoms with Gasteiger partial charge in [0, 0.05) is 0 Å². The molecule has 0 bridgehead atoms. The number of imidazole rings is 1. The van der Waals surface area contributed by atoms with Gasteiger partial charge < -0.3 is 24.5 Å². The molecule has 1 aliphatic heterocycles. The lowest BCUT2D eigenvalue weighted by Gasteiger charge is -2.14. The maximum atomic E-state index is 10.5. The van der Waals surface area contributed by atoms with Crippen molar-refractivity contribution >= 4 is 25.2 Å². The van der Waals surface area contributed by atoms with Crippen molar-refractivity contribution in [2.24, 2.45) is 0 Å². The third-order valence-corrected chi connectivity index (χ3v) is 3.83. The minimum absolute atomic E-state index is 0.00629. The van der Waals surface area contributed by atoms with Crippen molar-refractivity contribution < 1.29 is 18.7 Å². The quantitative estimate of drug-likeness (QED) is 0.758. The summed E-state index contributed by atoms with van der Waals surface area (Å²) in [7, 11) is -2.90. The molecular weight excluding hydrogens is 297 g/mol. The fraction of sp³-hybridized carbons (Fsp3) is 0.545. The van der Waals surface area contributed by atoms with Crippen molar-refractivity contribution in [3.63, 3.8) is 0 Å². The summed E-state index contributed by atoms with van der Waals surface area (Å²) in [5.74, 6) is 0.352. The van der Waals surface area contributed by atoms with Crippen LogP contribution in [0, 0.1) is 0 Å². The van der Waals surface area contributed by atoms with Crippen molar-refractivity contribution in [3.05, 3.63) is 12.7 Å². The molecule has 1 fully saturated rings. The molecule has 10 heteroatoms. The number of hydrogen-bond donors (Lipinski definition) is 2. The molecule has 3 N–H and O–H groups in total. The van der Waals surface area contributed by atoms with Crippen LogP contribution < -0.4 is 5.73 Å². The zero-order valence-corrected chi connectivity index (χ0v) is 12.2. The highest BCUT2D eigenvalue weighted by Gasteiger charge is 2.26. The third-order valence-electron chi connectivity index (χ3n) is 3.42. The van der Waals surface area contributed by atoms with E-state index in [4.69, 9.17) is 19.9 Å². The van der Waals surface area contributed by atoms with Gasteiger partial charge in [0.25, 0.3) is 0 Å². The monoisotopic (exact) mass is 313 g/mol. The van der Waals surface area contributed by atoms with Gasteiger partial charge in [0.15, 0.2) is 11.5 Å². The Bertz CT molecular complexity index is 663. The van der Waals surface area contributed by atoms with Crippen LogP contribution in [0.5, 0.6) is 0 Å². The Morgan fingerprint density at radius 2 is 2.24 bits per heavy atom. The van der Waals surface area contributed by atoms with Gasteiger partial charge >= 0.3 is 8.25 Å². The van der Waals surface area contributed by atoms with E-state index in [-0.39, 0.29) is 18.8 Å². The number of hydrogen-bond acceptors (Lipinski definition) is 7. The van der Waals surface area contributed by atoms with Crippen LogP contribution in [0.2, 0.25) is 0 Å². The van der Waals surface area contributed by atoms with E-state index in [1.54, 1.807) is 6.33 Å². The standard InChI is InChI=1S/C11H16N5O4P/c12-10-9-11(14-5-13-10)16(6-15-9)3-7-1-2-8(20-7)4-19-21(17)18/h5-8,21H,1-4H2,(H,17,18)(H2,12,13,14)/t7-,8+/m1/s1. The molecule has 0 saturated carbocycles. The summed E-state index contributed by atoms with van der Waals surface area (Å²) >= 11 is 0. The second-order valence-corrected chi connectivity index (χ2v) is 5.68. The number of aromatic nitrogens is 4. The van der Waals surface area contributed by atoms with Crippen LogP contribution in [0.3, 0.4) is 0 Å². The normalized spacial score (nSPS) is 23.7. The SMILES string of the molecule is Nc1ncnc2c1ncn2C[C@H]1CC[C@@H](CO[PH](=O)O)O1. The highest BCUT2D eigenvalue weighted by Crippen LogP contribution is 2.25. The number of nitrogens with two attached hydrogens (primary N) is 1. The highest BCUT2D eigenvalue weighted by atomic mass is 31.1. The van der Waals surface area contributed by atoms with E-state index in [2.05, 4.69) is 15.0 Å². The van der Waals surface area contributed by atoms with E-state index in [9.17, 15) is 4.57 Å². The molecule has 3 atom stereocenters. The van der Waals surface area contributed by atoms with Crippen LogP contribution in [0.1, 0.15) is 12.8 Å². The minimum Gasteiger partial charge on any atom is -0.382 e. The van der Waals surface area contributed by atoms with Gasteiger partial charge in [-0.05, 0) is 12.8 Å². The Balaban J connectivity index is 1.64. The second-order valence-electron chi connectivity index (χ2n) is 4.86. The van der Waals surface area contributed by atoms with E-state index in [1.165, 1.54) is 6.33 Å². The molecule has 1 aliphatic rings. The van der Waals surface area contributed by atoms with Crippen LogP contribution in [-0.2, 0) is 20.4 Å². The van der Waals surface area contributed by atoms with Gasteiger partial charge in [0.1, 0.15) is 11.8 Å². The summed E-state index contributed by atoms with van der Waals surface area (Å²) in [5, 5.41) is 0. The summed E-state index contributed by atoms with van der Waals surface area (Å²) in [4.78, 5) is 20.9. The molecule has 1 unspecified atom stereocenters. The maximum Gasteiger partial charge on any atom is 0.316 e. The molecule has 3 heterocycles. The smallest absolute Gasteiger partial charge is 0.316 e. The lowest BCUT2D eigenvalue weighted by atomic mass is 10.2. The van der Waals surface area contributed by atoms with Crippen molar-refractivity contribution in [2.45, 2.75) is 31.6 Å². The number of ether oxygens (including phenoxy) is 1. The molecule has 0 radical (unpaired) electrons. The number of fused-ring (bicyclic) bond motifs is 1. The van der Waals surface area contributed by atoms with Crippen LogP contribution >= 0.6 is 8.25 Å². The van der Waals surface area contributed by atoms with Gasteiger partial charge in [-0.2, -0.15) is 0 Å². The molecule has 2 aromatic rings. The maximum absolute atomic E-state index is 10.5. The van der Waals surface area contributed by atoms with Gasteiger partial charge in [0.05, 0.1) is 31.7 Å². The van der Waals surface area contributed by atoms with Crippen LogP contribution in [0.15, 0.2) is 12.7 Å². The molecule has 9 nitrogen and oxygen atoms in total. The number of nitrogen functional groups attached to an aromatic ring is 1. The molecule has 0 aliphatic carbocycles. The molecule has 1 saturated heterocycles. The highest BCUT2D eigenvalue weighted by molar-refractivity contribution is 7.32. The predicted octanol–water partition coefficient (Wildman–Crippen LogP) is 0.355. The second kappa shape index (κ2) is 6.07. The van der Waals surface area contributed by atoms with Gasteiger partial charge in [-0.25, -0.2) is 15.0 Å². The minimum atomic E-state index is -2.90. The Labute approximate surface area is 121 Å². The van der Waals surface area contributed by atoms with Crippen LogP contribution in [-0.4, -0.2) is 43.2 Å². The molecule has 0 spiro atoms. The Morgan fingerprint density at radius 1 is 1.43 bits per heavy atom. The molecule has 21 heavy (non-hydrogen) atoms. The molecule has 0 aromatic carbocycles. The number of rotatable bonds is 5. The number of nitrogens with zero attached hydrogens (tertiary/aromatic N) is 4. The molecule has 3 rings (SSSR count). The Hall–Kier alpha value is -1.54. The Morgan fingerprint density at radius 3 is 3.05 bits per heavy atom. The van der Waals surface area contributed by atoms with E-state index >= 15 is 0 Å². The van der Waals surface area contributed by atoms with E-state index in [0.29, 0.717) is 23.5 Å². The lowest BCUT2D eigenvalue weighted by molar-refractivity contribution is 0.0106. The molecule has 114 valence electrons. The van der Waals surface area contributed by atoms with Crippen molar-refractivity contribution in [1.82, 2.24) is 19.5 Å². The summed E-state index contributed by atoms with van der Waals surface area (Å²) in [6, 6.07) is 0. The van der Waals surface area contributed by atoms with Crippen molar-refractivity contribution in [2.75, 3.05) is 12.3 Å². The van der Waals surface area contributed by atoms with Gasteiger partial charge in [-0.1, -0.05) is 0 Å². The predicted molar refractivity (Wildman–Crippen MR) is 74.8 cm³/mol. The summed E-state index contributed by atoms with van der Waals surface area (Å²) in [6.07, 6.45) is 4.56. The first-order chi connectivity index (χ1) is 10.1. The zero-order chi connectivity index (χ0) is 14.8. The molecule has 2 aromatic heterocycles. The first-order valence-electron chi connectivity index (χ1n) is 6.56. The lowest BCUT2D eigenvalue weighted by Crippen LogP contribution is -2.19. The fourth-order valence-corrected chi connectivity index (χ4v) is 2.78. The summed E-state index contributed by atoms with van der Waals surface area (Å²) in [5.41, 5.74) is 6.99. The molecular formula is C11H16N5O4P. The first kappa shape index (κ1) is 14.4. The molecule has 0 amide bonds. The van der Waals surface area contributed by atoms with E-state index < -0.39 is 8.25 Å². The summed E-state index contributed by atoms with van der Waals surface area (Å²) < 4.78 is 22.9. The van der Waals surface area contributed by atoms with Gasteiger partial charge in [-0.3, -0.25) is 4.57 Å². The fourth-order valence-electron chi connectivity index (χ4n) is 2.45. The summed E-state index contributed by atoms with van der Waals surface area (Å²) in [6.45, 7) is 0.738. The van der Waals surface area contributed by atoms with Crippen LogP contribution in [0.4, 0.5) is 5.82 Å². The van der Waals surface area contributed by atoms with Gasteiger partial charge in [-0.15, -0.1) is 0 Å². The Kier molecular flexibility index (Phi) is 4.16. The van der Waals surface area contributed by atoms with Crippen LogP contribution in [0.25, 0.3) is 11.2 Å². The average Bonchev–Trinajstić information content (AvgIpc) is 3.06. The zero-order valence-electron chi connectivity index (χ0n) is 11.2. The third kappa shape index (κ3) is 3.21.